The van der Waals surface area contributed by atoms with Crippen molar-refractivity contribution in [3.8, 4) is 0 Å². The van der Waals surface area contributed by atoms with E-state index in [9.17, 15) is 4.79 Å². The van der Waals surface area contributed by atoms with E-state index in [-0.39, 0.29) is 5.78 Å². The van der Waals surface area contributed by atoms with Crippen molar-refractivity contribution in [1.82, 2.24) is 0 Å². The Hall–Kier alpha value is -1.70. The van der Waals surface area contributed by atoms with Crippen molar-refractivity contribution in [2.24, 2.45) is 4.99 Å². The lowest BCUT2D eigenvalue weighted by molar-refractivity contribution is 0.101. The first-order valence-electron chi connectivity index (χ1n) is 4.00. The van der Waals surface area contributed by atoms with E-state index in [0.717, 1.165) is 5.69 Å². The van der Waals surface area contributed by atoms with Crippen molar-refractivity contribution in [3.63, 3.8) is 0 Å². The third-order valence-electron chi connectivity index (χ3n) is 1.60. The number of rotatable bonds is 3. The lowest BCUT2D eigenvalue weighted by atomic mass is 10.1. The molecule has 0 bridgehead atoms. The van der Waals surface area contributed by atoms with E-state index in [1.807, 2.05) is 0 Å². The number of carbonyl (C=O) groups excluding carboxylic acids is 1. The van der Waals surface area contributed by atoms with Gasteiger partial charge >= 0.3 is 0 Å². The minimum absolute atomic E-state index is 0.0688. The Morgan fingerprint density at radius 2 is 2.00 bits per heavy atom. The van der Waals surface area contributed by atoms with Gasteiger partial charge in [-0.25, -0.2) is 0 Å². The van der Waals surface area contributed by atoms with Crippen molar-refractivity contribution in [2.45, 2.75) is 6.92 Å². The second kappa shape index (κ2) is 4.36. The molecule has 2 nitrogen and oxygen atoms in total. The molecular weight excluding hydrogens is 162 g/mol. The number of ketones is 1. The molecule has 0 heterocycles. The molecule has 1 aromatic rings. The molecule has 13 heavy (non-hydrogen) atoms. The molecule has 0 fully saturated rings. The van der Waals surface area contributed by atoms with Gasteiger partial charge in [0.2, 0.25) is 0 Å². The molecule has 0 unspecified atom stereocenters. The lowest BCUT2D eigenvalue weighted by Gasteiger charge is -1.95. The van der Waals surface area contributed by atoms with E-state index in [0.29, 0.717) is 5.56 Å². The Kier molecular flexibility index (Phi) is 3.15. The number of carbonyl (C=O) groups is 1. The van der Waals surface area contributed by atoms with Crippen molar-refractivity contribution in [1.29, 1.82) is 0 Å². The Morgan fingerprint density at radius 3 is 2.46 bits per heavy atom. The van der Waals surface area contributed by atoms with Gasteiger partial charge in [-0.3, -0.25) is 9.79 Å². The molecule has 0 aliphatic carbocycles. The van der Waals surface area contributed by atoms with Crippen LogP contribution in [-0.2, 0) is 0 Å². The Labute approximate surface area is 77.6 Å². The van der Waals surface area contributed by atoms with Crippen LogP contribution in [0.3, 0.4) is 0 Å². The highest BCUT2D eigenvalue weighted by Crippen LogP contribution is 2.12. The van der Waals surface area contributed by atoms with Crippen LogP contribution >= 0.6 is 0 Å². The summed E-state index contributed by atoms with van der Waals surface area (Å²) in [6, 6.07) is 7.13. The van der Waals surface area contributed by atoms with Crippen LogP contribution < -0.4 is 0 Å². The van der Waals surface area contributed by atoms with Gasteiger partial charge in [0.05, 0.1) is 5.69 Å². The fraction of sp³-hybridized carbons (Fsp3) is 0.0909. The largest absolute Gasteiger partial charge is 0.295 e. The van der Waals surface area contributed by atoms with Gasteiger partial charge in [-0.1, -0.05) is 12.7 Å². The molecule has 0 N–H and O–H groups in total. The summed E-state index contributed by atoms with van der Waals surface area (Å²) in [6.07, 6.45) is 3.22. The summed E-state index contributed by atoms with van der Waals surface area (Å²) in [7, 11) is 0. The van der Waals surface area contributed by atoms with Crippen molar-refractivity contribution in [2.75, 3.05) is 0 Å². The smallest absolute Gasteiger partial charge is 0.159 e. The first-order valence-corrected chi connectivity index (χ1v) is 4.00. The molecule has 0 aliphatic rings. The maximum absolute atomic E-state index is 10.9. The van der Waals surface area contributed by atoms with Crippen molar-refractivity contribution >= 4 is 17.7 Å². The van der Waals surface area contributed by atoms with Crippen LogP contribution in [0.15, 0.2) is 41.9 Å². The fourth-order valence-corrected chi connectivity index (χ4v) is 0.921. The number of aliphatic imine (C=N–C) groups is 1. The maximum Gasteiger partial charge on any atom is 0.159 e. The normalized spacial score (nSPS) is 10.2. The van der Waals surface area contributed by atoms with E-state index in [2.05, 4.69) is 11.6 Å². The molecule has 0 amide bonds. The van der Waals surface area contributed by atoms with Crippen LogP contribution in [-0.4, -0.2) is 12.0 Å². The highest BCUT2D eigenvalue weighted by Gasteiger charge is 1.96. The van der Waals surface area contributed by atoms with Crippen LogP contribution in [0.4, 0.5) is 5.69 Å². The molecule has 66 valence electrons. The third kappa shape index (κ3) is 2.67. The van der Waals surface area contributed by atoms with Gasteiger partial charge in [0.1, 0.15) is 0 Å². The van der Waals surface area contributed by atoms with Crippen molar-refractivity contribution < 1.29 is 4.79 Å². The Morgan fingerprint density at radius 1 is 1.38 bits per heavy atom. The minimum atomic E-state index is 0.0688. The standard InChI is InChI=1S/C11H11NO/c1-3-8-12-11-6-4-10(5-7-11)9(2)13/h3-8H,1H2,2H3. The minimum Gasteiger partial charge on any atom is -0.295 e. The lowest BCUT2D eigenvalue weighted by Crippen LogP contribution is -1.89. The van der Waals surface area contributed by atoms with E-state index in [4.69, 9.17) is 0 Å². The molecule has 0 radical (unpaired) electrons. The zero-order valence-electron chi connectivity index (χ0n) is 7.53. The summed E-state index contributed by atoms with van der Waals surface area (Å²) in [5.74, 6) is 0.0688. The number of benzene rings is 1. The molecule has 0 aliphatic heterocycles. The zero-order chi connectivity index (χ0) is 9.68. The van der Waals surface area contributed by atoms with Gasteiger partial charge < -0.3 is 0 Å². The van der Waals surface area contributed by atoms with E-state index in [1.165, 1.54) is 0 Å². The van der Waals surface area contributed by atoms with Gasteiger partial charge in [-0.05, 0) is 31.2 Å². The van der Waals surface area contributed by atoms with Gasteiger partial charge in [0, 0.05) is 11.8 Å². The number of Topliss-reactive ketones (excluding diaryl/α,β-unsaturated/α-hetero) is 1. The predicted octanol–water partition coefficient (Wildman–Crippen LogP) is 2.78. The summed E-state index contributed by atoms with van der Waals surface area (Å²) in [5.41, 5.74) is 1.53. The predicted molar refractivity (Wildman–Crippen MR) is 54.8 cm³/mol. The van der Waals surface area contributed by atoms with Crippen LogP contribution in [0.2, 0.25) is 0 Å². The molecule has 0 aromatic heterocycles. The molecule has 1 aromatic carbocycles. The summed E-state index contributed by atoms with van der Waals surface area (Å²) >= 11 is 0. The SMILES string of the molecule is C=CC=Nc1ccc(C(C)=O)cc1. The molecule has 0 spiro atoms. The molecule has 1 rings (SSSR count). The topological polar surface area (TPSA) is 29.4 Å². The third-order valence-corrected chi connectivity index (χ3v) is 1.60. The molecule has 0 saturated heterocycles. The zero-order valence-corrected chi connectivity index (χ0v) is 7.53. The Balaban J connectivity index is 2.87. The number of nitrogens with zero attached hydrogens (tertiary/aromatic N) is 1. The first-order chi connectivity index (χ1) is 6.24. The Bertz CT molecular complexity index is 336. The molecule has 2 heteroatoms. The number of allylic oxidation sites excluding steroid dienone is 1. The van der Waals surface area contributed by atoms with Crippen LogP contribution in [0.1, 0.15) is 17.3 Å². The highest BCUT2D eigenvalue weighted by atomic mass is 16.1. The first kappa shape index (κ1) is 9.39. The molecule has 0 saturated carbocycles. The number of hydrogen-bond acceptors (Lipinski definition) is 2. The second-order valence-corrected chi connectivity index (χ2v) is 2.62. The number of hydrogen-bond donors (Lipinski definition) is 0. The van der Waals surface area contributed by atoms with E-state index < -0.39 is 0 Å². The summed E-state index contributed by atoms with van der Waals surface area (Å²) in [6.45, 7) is 5.06. The van der Waals surface area contributed by atoms with Crippen molar-refractivity contribution in [3.05, 3.63) is 42.5 Å². The van der Waals surface area contributed by atoms with Crippen LogP contribution in [0.5, 0.6) is 0 Å². The van der Waals surface area contributed by atoms with Gasteiger partial charge in [-0.2, -0.15) is 0 Å². The second-order valence-electron chi connectivity index (χ2n) is 2.62. The molecule has 0 atom stereocenters. The average molecular weight is 173 g/mol. The van der Waals surface area contributed by atoms with Crippen LogP contribution in [0, 0.1) is 0 Å². The van der Waals surface area contributed by atoms with Gasteiger partial charge in [0.25, 0.3) is 0 Å². The average Bonchev–Trinajstić information content (AvgIpc) is 2.15. The van der Waals surface area contributed by atoms with Gasteiger partial charge in [-0.15, -0.1) is 0 Å². The monoisotopic (exact) mass is 173 g/mol. The summed E-state index contributed by atoms with van der Waals surface area (Å²) in [5, 5.41) is 0. The highest BCUT2D eigenvalue weighted by molar-refractivity contribution is 5.94. The summed E-state index contributed by atoms with van der Waals surface area (Å²) in [4.78, 5) is 15.0. The maximum atomic E-state index is 10.9. The quantitative estimate of drug-likeness (QED) is 0.510. The van der Waals surface area contributed by atoms with E-state index in [1.54, 1.807) is 43.5 Å². The molecular formula is C11H11NO. The van der Waals surface area contributed by atoms with Gasteiger partial charge in [0.15, 0.2) is 5.78 Å². The fourth-order valence-electron chi connectivity index (χ4n) is 0.921. The van der Waals surface area contributed by atoms with Crippen LogP contribution in [0.25, 0.3) is 0 Å². The summed E-state index contributed by atoms with van der Waals surface area (Å²) < 4.78 is 0. The van der Waals surface area contributed by atoms with E-state index >= 15 is 0 Å².